The maximum absolute atomic E-state index is 12.1. The Hall–Kier alpha value is -3.06. The van der Waals surface area contributed by atoms with E-state index in [-0.39, 0.29) is 11.2 Å². The molecule has 4 nitrogen and oxygen atoms in total. The van der Waals surface area contributed by atoms with Gasteiger partial charge >= 0.3 is 0 Å². The van der Waals surface area contributed by atoms with Crippen molar-refractivity contribution < 1.29 is 9.52 Å². The van der Waals surface area contributed by atoms with Gasteiger partial charge in [-0.15, -0.1) is 0 Å². The van der Waals surface area contributed by atoms with E-state index < -0.39 is 0 Å². The zero-order chi connectivity index (χ0) is 14.8. The number of phenols is 1. The summed E-state index contributed by atoms with van der Waals surface area (Å²) in [6.45, 7) is 0. The van der Waals surface area contributed by atoms with E-state index in [1.807, 2.05) is 6.07 Å². The SMILES string of the molecule is N#Cc1ccc2c(=O)cc(Cc3ccc(O)cc3)oc2c1. The van der Waals surface area contributed by atoms with Gasteiger partial charge in [0.1, 0.15) is 17.1 Å². The summed E-state index contributed by atoms with van der Waals surface area (Å²) in [7, 11) is 0. The molecule has 4 heteroatoms. The molecule has 0 saturated carbocycles. The summed E-state index contributed by atoms with van der Waals surface area (Å²) in [5.41, 5.74) is 1.66. The zero-order valence-electron chi connectivity index (χ0n) is 11.0. The Labute approximate surface area is 120 Å². The van der Waals surface area contributed by atoms with Crippen molar-refractivity contribution in [3.63, 3.8) is 0 Å². The normalized spacial score (nSPS) is 10.4. The van der Waals surface area contributed by atoms with Crippen LogP contribution in [0.1, 0.15) is 16.9 Å². The second-order valence-electron chi connectivity index (χ2n) is 4.74. The van der Waals surface area contributed by atoms with Crippen molar-refractivity contribution >= 4 is 11.0 Å². The first kappa shape index (κ1) is 12.9. The summed E-state index contributed by atoms with van der Waals surface area (Å²) >= 11 is 0. The van der Waals surface area contributed by atoms with Gasteiger partial charge in [-0.3, -0.25) is 4.79 Å². The lowest BCUT2D eigenvalue weighted by atomic mass is 10.1. The lowest BCUT2D eigenvalue weighted by Crippen LogP contribution is -2.02. The van der Waals surface area contributed by atoms with Crippen LogP contribution in [0.15, 0.2) is 57.7 Å². The van der Waals surface area contributed by atoms with Crippen molar-refractivity contribution in [3.05, 3.63) is 75.6 Å². The minimum atomic E-state index is -0.130. The molecule has 0 spiro atoms. The monoisotopic (exact) mass is 277 g/mol. The van der Waals surface area contributed by atoms with Gasteiger partial charge in [-0.1, -0.05) is 12.1 Å². The summed E-state index contributed by atoms with van der Waals surface area (Å²) in [6.07, 6.45) is 0.447. The number of hydrogen-bond acceptors (Lipinski definition) is 4. The topological polar surface area (TPSA) is 74.2 Å². The van der Waals surface area contributed by atoms with E-state index in [0.29, 0.717) is 28.7 Å². The van der Waals surface area contributed by atoms with Gasteiger partial charge in [0, 0.05) is 12.5 Å². The molecule has 0 unspecified atom stereocenters. The number of fused-ring (bicyclic) bond motifs is 1. The molecule has 1 aromatic heterocycles. The second-order valence-corrected chi connectivity index (χ2v) is 4.74. The van der Waals surface area contributed by atoms with E-state index in [0.717, 1.165) is 5.56 Å². The highest BCUT2D eigenvalue weighted by Crippen LogP contribution is 2.18. The highest BCUT2D eigenvalue weighted by Gasteiger charge is 2.07. The highest BCUT2D eigenvalue weighted by molar-refractivity contribution is 5.77. The number of hydrogen-bond donors (Lipinski definition) is 1. The second kappa shape index (κ2) is 5.14. The van der Waals surface area contributed by atoms with Crippen LogP contribution in [0.3, 0.4) is 0 Å². The summed E-state index contributed by atoms with van der Waals surface area (Å²) in [4.78, 5) is 12.1. The van der Waals surface area contributed by atoms with Gasteiger partial charge in [-0.2, -0.15) is 5.26 Å². The van der Waals surface area contributed by atoms with Gasteiger partial charge in [-0.25, -0.2) is 0 Å². The number of benzene rings is 2. The summed E-state index contributed by atoms with van der Waals surface area (Å²) in [6, 6.07) is 15.0. The average Bonchev–Trinajstić information content (AvgIpc) is 2.49. The molecule has 0 saturated heterocycles. The molecule has 102 valence electrons. The maximum atomic E-state index is 12.1. The molecule has 0 aliphatic rings. The highest BCUT2D eigenvalue weighted by atomic mass is 16.3. The van der Waals surface area contributed by atoms with Crippen LogP contribution in [0, 0.1) is 11.3 Å². The van der Waals surface area contributed by atoms with Crippen molar-refractivity contribution in [3.8, 4) is 11.8 Å². The molecular formula is C17H11NO3. The Morgan fingerprint density at radius 3 is 2.57 bits per heavy atom. The fourth-order valence-electron chi connectivity index (χ4n) is 2.18. The predicted molar refractivity (Wildman–Crippen MR) is 78.1 cm³/mol. The van der Waals surface area contributed by atoms with Gasteiger partial charge < -0.3 is 9.52 Å². The molecule has 2 aromatic carbocycles. The van der Waals surface area contributed by atoms with E-state index in [2.05, 4.69) is 0 Å². The van der Waals surface area contributed by atoms with Gasteiger partial charge in [0.15, 0.2) is 5.43 Å². The smallest absolute Gasteiger partial charge is 0.192 e. The molecule has 3 aromatic rings. The molecule has 21 heavy (non-hydrogen) atoms. The van der Waals surface area contributed by atoms with Crippen LogP contribution in [-0.4, -0.2) is 5.11 Å². The maximum Gasteiger partial charge on any atom is 0.192 e. The number of nitriles is 1. The quantitative estimate of drug-likeness (QED) is 0.781. The summed E-state index contributed by atoms with van der Waals surface area (Å²) in [5.74, 6) is 0.714. The number of phenolic OH excluding ortho intramolecular Hbond substituents is 1. The van der Waals surface area contributed by atoms with Crippen LogP contribution < -0.4 is 5.43 Å². The van der Waals surface area contributed by atoms with Gasteiger partial charge in [-0.05, 0) is 35.9 Å². The first-order valence-corrected chi connectivity index (χ1v) is 6.40. The molecule has 0 bridgehead atoms. The molecule has 1 N–H and O–H groups in total. The minimum Gasteiger partial charge on any atom is -0.508 e. The first-order valence-electron chi connectivity index (χ1n) is 6.40. The predicted octanol–water partition coefficient (Wildman–Crippen LogP) is 2.96. The van der Waals surface area contributed by atoms with E-state index in [1.54, 1.807) is 42.5 Å². The molecule has 0 fully saturated rings. The lowest BCUT2D eigenvalue weighted by Gasteiger charge is -2.04. The van der Waals surface area contributed by atoms with Crippen molar-refractivity contribution in [2.24, 2.45) is 0 Å². The van der Waals surface area contributed by atoms with Gasteiger partial charge in [0.25, 0.3) is 0 Å². The molecule has 0 aliphatic carbocycles. The Kier molecular flexibility index (Phi) is 3.17. The molecule has 3 rings (SSSR count). The van der Waals surface area contributed by atoms with Crippen LogP contribution >= 0.6 is 0 Å². The van der Waals surface area contributed by atoms with Crippen molar-refractivity contribution in [1.82, 2.24) is 0 Å². The molecular weight excluding hydrogens is 266 g/mol. The van der Waals surface area contributed by atoms with E-state index in [9.17, 15) is 9.90 Å². The summed E-state index contributed by atoms with van der Waals surface area (Å²) in [5, 5.41) is 18.6. The van der Waals surface area contributed by atoms with E-state index in [4.69, 9.17) is 9.68 Å². The largest absolute Gasteiger partial charge is 0.508 e. The third-order valence-electron chi connectivity index (χ3n) is 3.22. The summed E-state index contributed by atoms with van der Waals surface area (Å²) < 4.78 is 5.71. The molecule has 0 amide bonds. The number of aromatic hydroxyl groups is 1. The molecule has 1 heterocycles. The van der Waals surface area contributed by atoms with Crippen molar-refractivity contribution in [2.45, 2.75) is 6.42 Å². The van der Waals surface area contributed by atoms with Crippen LogP contribution in [-0.2, 0) is 6.42 Å². The fourth-order valence-corrected chi connectivity index (χ4v) is 2.18. The molecule has 0 atom stereocenters. The third-order valence-corrected chi connectivity index (χ3v) is 3.22. The zero-order valence-corrected chi connectivity index (χ0v) is 11.0. The average molecular weight is 277 g/mol. The van der Waals surface area contributed by atoms with Crippen LogP contribution in [0.25, 0.3) is 11.0 Å². The standard InChI is InChI=1S/C17H11NO3/c18-10-12-3-6-15-16(20)9-14(21-17(15)8-12)7-11-1-4-13(19)5-2-11/h1-6,8-9,19H,7H2. The van der Waals surface area contributed by atoms with Crippen molar-refractivity contribution in [1.29, 1.82) is 5.26 Å². The third kappa shape index (κ3) is 2.63. The van der Waals surface area contributed by atoms with Crippen LogP contribution in [0.4, 0.5) is 0 Å². The van der Waals surface area contributed by atoms with E-state index >= 15 is 0 Å². The minimum absolute atomic E-state index is 0.130. The molecule has 0 radical (unpaired) electrons. The number of rotatable bonds is 2. The van der Waals surface area contributed by atoms with Gasteiger partial charge in [0.05, 0.1) is 17.0 Å². The Morgan fingerprint density at radius 2 is 1.86 bits per heavy atom. The van der Waals surface area contributed by atoms with E-state index in [1.165, 1.54) is 6.07 Å². The van der Waals surface area contributed by atoms with Gasteiger partial charge in [0.2, 0.25) is 0 Å². The number of nitrogens with zero attached hydrogens (tertiary/aromatic N) is 1. The Morgan fingerprint density at radius 1 is 1.10 bits per heavy atom. The van der Waals surface area contributed by atoms with Crippen molar-refractivity contribution in [2.75, 3.05) is 0 Å². The Balaban J connectivity index is 2.05. The Bertz CT molecular complexity index is 902. The fraction of sp³-hybridized carbons (Fsp3) is 0.0588. The molecule has 0 aliphatic heterocycles. The first-order chi connectivity index (χ1) is 10.2. The van der Waals surface area contributed by atoms with Crippen LogP contribution in [0.5, 0.6) is 5.75 Å². The van der Waals surface area contributed by atoms with Crippen LogP contribution in [0.2, 0.25) is 0 Å². The lowest BCUT2D eigenvalue weighted by molar-refractivity contribution is 0.475.